The molecule has 2 nitrogen and oxygen atoms in total. The van der Waals surface area contributed by atoms with Crippen LogP contribution < -0.4 is 0 Å². The summed E-state index contributed by atoms with van der Waals surface area (Å²) in [6.45, 7) is 5.81. The zero-order chi connectivity index (χ0) is 12.4. The third-order valence-corrected chi connectivity index (χ3v) is 3.90. The highest BCUT2D eigenvalue weighted by atomic mass is 35.5. The van der Waals surface area contributed by atoms with E-state index < -0.39 is 5.38 Å². The Hall–Kier alpha value is -1.02. The molecule has 1 unspecified atom stereocenters. The monoisotopic (exact) mass is 251 g/mol. The van der Waals surface area contributed by atoms with Gasteiger partial charge in [-0.3, -0.25) is 4.79 Å². The third-order valence-electron chi connectivity index (χ3n) is 3.46. The summed E-state index contributed by atoms with van der Waals surface area (Å²) in [6, 6.07) is 5.99. The minimum atomic E-state index is -0.535. The topological polar surface area (TPSA) is 20.3 Å². The van der Waals surface area contributed by atoms with E-state index in [9.17, 15) is 4.79 Å². The number of benzene rings is 1. The van der Waals surface area contributed by atoms with Gasteiger partial charge in [0.25, 0.3) is 0 Å². The minimum Gasteiger partial charge on any atom is -0.341 e. The predicted molar refractivity (Wildman–Crippen MR) is 70.3 cm³/mol. The standard InChI is InChI=1S/C14H18ClNO/c1-10-5-6-12(9-11(10)2)13(15)14(17)16-7-3-4-8-16/h5-6,9,13H,3-4,7-8H2,1-2H3. The second kappa shape index (κ2) is 5.09. The van der Waals surface area contributed by atoms with Gasteiger partial charge in [-0.2, -0.15) is 0 Å². The summed E-state index contributed by atoms with van der Waals surface area (Å²) >= 11 is 6.27. The van der Waals surface area contributed by atoms with E-state index in [-0.39, 0.29) is 5.91 Å². The molecule has 0 radical (unpaired) electrons. The maximum atomic E-state index is 12.1. The molecule has 1 amide bonds. The first kappa shape index (κ1) is 12.4. The van der Waals surface area contributed by atoms with Crippen LogP contribution in [0.2, 0.25) is 0 Å². The molecule has 1 atom stereocenters. The molecule has 1 aliphatic heterocycles. The molecule has 0 saturated carbocycles. The van der Waals surface area contributed by atoms with Crippen LogP contribution in [-0.2, 0) is 4.79 Å². The van der Waals surface area contributed by atoms with Crippen molar-refractivity contribution >= 4 is 17.5 Å². The number of likely N-dealkylation sites (tertiary alicyclic amines) is 1. The fraction of sp³-hybridized carbons (Fsp3) is 0.500. The van der Waals surface area contributed by atoms with Crippen molar-refractivity contribution in [2.24, 2.45) is 0 Å². The van der Waals surface area contributed by atoms with E-state index >= 15 is 0 Å². The lowest BCUT2D eigenvalue weighted by atomic mass is 10.0. The lowest BCUT2D eigenvalue weighted by Gasteiger charge is -2.19. The number of amides is 1. The number of alkyl halides is 1. The lowest BCUT2D eigenvalue weighted by molar-refractivity contribution is -0.129. The highest BCUT2D eigenvalue weighted by molar-refractivity contribution is 6.30. The highest BCUT2D eigenvalue weighted by Gasteiger charge is 2.25. The van der Waals surface area contributed by atoms with Crippen molar-refractivity contribution in [2.75, 3.05) is 13.1 Å². The van der Waals surface area contributed by atoms with Crippen LogP contribution in [-0.4, -0.2) is 23.9 Å². The summed E-state index contributed by atoms with van der Waals surface area (Å²) in [5, 5.41) is -0.535. The van der Waals surface area contributed by atoms with E-state index in [1.165, 1.54) is 11.1 Å². The van der Waals surface area contributed by atoms with Crippen LogP contribution in [0.1, 0.15) is 34.9 Å². The second-order valence-corrected chi connectivity index (χ2v) is 5.18. The van der Waals surface area contributed by atoms with Gasteiger partial charge in [-0.1, -0.05) is 18.2 Å². The molecule has 1 aromatic rings. The van der Waals surface area contributed by atoms with Crippen LogP contribution in [0.15, 0.2) is 18.2 Å². The van der Waals surface area contributed by atoms with Crippen molar-refractivity contribution < 1.29 is 4.79 Å². The Bertz CT molecular complexity index is 424. The van der Waals surface area contributed by atoms with Gasteiger partial charge in [0.2, 0.25) is 5.91 Å². The van der Waals surface area contributed by atoms with Crippen molar-refractivity contribution in [1.29, 1.82) is 0 Å². The number of rotatable bonds is 2. The van der Waals surface area contributed by atoms with Crippen LogP contribution in [0.4, 0.5) is 0 Å². The molecule has 92 valence electrons. The summed E-state index contributed by atoms with van der Waals surface area (Å²) in [5.74, 6) is 0.0485. The molecule has 0 N–H and O–H groups in total. The van der Waals surface area contributed by atoms with Gasteiger partial charge in [0, 0.05) is 13.1 Å². The summed E-state index contributed by atoms with van der Waals surface area (Å²) in [7, 11) is 0. The van der Waals surface area contributed by atoms with E-state index in [0.717, 1.165) is 31.5 Å². The smallest absolute Gasteiger partial charge is 0.245 e. The van der Waals surface area contributed by atoms with Gasteiger partial charge in [0.05, 0.1) is 0 Å². The number of carbonyl (C=O) groups is 1. The van der Waals surface area contributed by atoms with Crippen LogP contribution >= 0.6 is 11.6 Å². The normalized spacial score (nSPS) is 17.2. The van der Waals surface area contributed by atoms with Crippen LogP contribution in [0, 0.1) is 13.8 Å². The highest BCUT2D eigenvalue weighted by Crippen LogP contribution is 2.26. The van der Waals surface area contributed by atoms with E-state index in [1.807, 2.05) is 30.0 Å². The maximum Gasteiger partial charge on any atom is 0.245 e. The summed E-state index contributed by atoms with van der Waals surface area (Å²) in [6.07, 6.45) is 2.20. The molecule has 0 aliphatic carbocycles. The zero-order valence-corrected chi connectivity index (χ0v) is 11.1. The number of nitrogens with zero attached hydrogens (tertiary/aromatic N) is 1. The largest absolute Gasteiger partial charge is 0.341 e. The Morgan fingerprint density at radius 2 is 1.88 bits per heavy atom. The average molecular weight is 252 g/mol. The maximum absolute atomic E-state index is 12.1. The van der Waals surface area contributed by atoms with Crippen LogP contribution in [0.3, 0.4) is 0 Å². The van der Waals surface area contributed by atoms with Gasteiger partial charge in [0.1, 0.15) is 5.38 Å². The molecule has 0 aromatic heterocycles. The third kappa shape index (κ3) is 2.63. The first-order valence-electron chi connectivity index (χ1n) is 6.09. The van der Waals surface area contributed by atoms with Gasteiger partial charge in [-0.25, -0.2) is 0 Å². The van der Waals surface area contributed by atoms with Gasteiger partial charge in [-0.05, 0) is 43.4 Å². The predicted octanol–water partition coefficient (Wildman–Crippen LogP) is 3.21. The Balaban J connectivity index is 2.15. The first-order chi connectivity index (χ1) is 8.09. The molecule has 2 rings (SSSR count). The van der Waals surface area contributed by atoms with Crippen molar-refractivity contribution in [3.05, 3.63) is 34.9 Å². The van der Waals surface area contributed by atoms with Gasteiger partial charge >= 0.3 is 0 Å². The molecule has 17 heavy (non-hydrogen) atoms. The fourth-order valence-electron chi connectivity index (χ4n) is 2.16. The quantitative estimate of drug-likeness (QED) is 0.740. The molecule has 1 fully saturated rings. The fourth-order valence-corrected chi connectivity index (χ4v) is 2.44. The Morgan fingerprint density at radius 1 is 1.24 bits per heavy atom. The molecule has 0 bridgehead atoms. The van der Waals surface area contributed by atoms with Crippen molar-refractivity contribution in [2.45, 2.75) is 32.1 Å². The number of aryl methyl sites for hydroxylation is 2. The van der Waals surface area contributed by atoms with E-state index in [2.05, 4.69) is 6.92 Å². The molecule has 1 aliphatic rings. The number of carbonyl (C=O) groups excluding carboxylic acids is 1. The minimum absolute atomic E-state index is 0.0485. The molecule has 1 heterocycles. The molecular weight excluding hydrogens is 234 g/mol. The SMILES string of the molecule is Cc1ccc(C(Cl)C(=O)N2CCCC2)cc1C. The first-order valence-corrected chi connectivity index (χ1v) is 6.53. The average Bonchev–Trinajstić information content (AvgIpc) is 2.84. The van der Waals surface area contributed by atoms with Crippen molar-refractivity contribution in [1.82, 2.24) is 4.90 Å². The Labute approximate surface area is 108 Å². The van der Waals surface area contributed by atoms with Crippen LogP contribution in [0.25, 0.3) is 0 Å². The molecule has 1 saturated heterocycles. The summed E-state index contributed by atoms with van der Waals surface area (Å²) in [5.41, 5.74) is 3.32. The number of hydrogen-bond donors (Lipinski definition) is 0. The van der Waals surface area contributed by atoms with Gasteiger partial charge < -0.3 is 4.90 Å². The molecule has 1 aromatic carbocycles. The van der Waals surface area contributed by atoms with Crippen LogP contribution in [0.5, 0.6) is 0 Å². The van der Waals surface area contributed by atoms with E-state index in [4.69, 9.17) is 11.6 Å². The van der Waals surface area contributed by atoms with Gasteiger partial charge in [0.15, 0.2) is 0 Å². The molecule has 0 spiro atoms. The number of halogens is 1. The Morgan fingerprint density at radius 3 is 2.47 bits per heavy atom. The number of hydrogen-bond acceptors (Lipinski definition) is 1. The summed E-state index contributed by atoms with van der Waals surface area (Å²) in [4.78, 5) is 14.0. The van der Waals surface area contributed by atoms with Gasteiger partial charge in [-0.15, -0.1) is 11.6 Å². The van der Waals surface area contributed by atoms with E-state index in [1.54, 1.807) is 0 Å². The van der Waals surface area contributed by atoms with E-state index in [0.29, 0.717) is 0 Å². The second-order valence-electron chi connectivity index (χ2n) is 4.74. The lowest BCUT2D eigenvalue weighted by Crippen LogP contribution is -2.30. The molecule has 3 heteroatoms. The molecular formula is C14H18ClNO. The zero-order valence-electron chi connectivity index (χ0n) is 10.4. The summed E-state index contributed by atoms with van der Waals surface area (Å²) < 4.78 is 0. The van der Waals surface area contributed by atoms with Crippen molar-refractivity contribution in [3.8, 4) is 0 Å². The Kier molecular flexibility index (Phi) is 3.72. The van der Waals surface area contributed by atoms with Crippen molar-refractivity contribution in [3.63, 3.8) is 0 Å².